The minimum Gasteiger partial charge on any atom is -0.444 e. The highest BCUT2D eigenvalue weighted by Gasteiger charge is 2.42. The third-order valence-corrected chi connectivity index (χ3v) is 4.67. The van der Waals surface area contributed by atoms with Gasteiger partial charge in [-0.25, -0.2) is 14.8 Å². The Morgan fingerprint density at radius 1 is 1.15 bits per heavy atom. The molecule has 0 unspecified atom stereocenters. The Morgan fingerprint density at radius 2 is 1.78 bits per heavy atom. The number of hydrogen-bond donors (Lipinski definition) is 1. The third-order valence-electron chi connectivity index (χ3n) is 4.67. The standard InChI is InChI=1S/C18H28N6O3/c1-18(2,3)27-17(26)24-12-13(19)11-14(24)15(25)22-7-9-23(10-8-22)16-20-5-4-6-21-16/h4-6,13-14H,7-12,19H2,1-3H3/t13-,14-/m0/s1. The summed E-state index contributed by atoms with van der Waals surface area (Å²) < 4.78 is 5.45. The number of nitrogens with two attached hydrogens (primary N) is 1. The molecule has 27 heavy (non-hydrogen) atoms. The van der Waals surface area contributed by atoms with Crippen molar-refractivity contribution in [1.82, 2.24) is 19.8 Å². The number of aromatic nitrogens is 2. The molecule has 2 fully saturated rings. The van der Waals surface area contributed by atoms with E-state index in [4.69, 9.17) is 10.5 Å². The van der Waals surface area contributed by atoms with E-state index in [1.807, 2.05) is 20.8 Å². The Labute approximate surface area is 159 Å². The second kappa shape index (κ2) is 7.67. The summed E-state index contributed by atoms with van der Waals surface area (Å²) in [5.74, 6) is 0.602. The molecule has 2 saturated heterocycles. The summed E-state index contributed by atoms with van der Waals surface area (Å²) in [6.07, 6.45) is 3.39. The fraction of sp³-hybridized carbons (Fsp3) is 0.667. The lowest BCUT2D eigenvalue weighted by molar-refractivity contribution is -0.136. The second-order valence-electron chi connectivity index (χ2n) is 8.01. The van der Waals surface area contributed by atoms with Crippen LogP contribution < -0.4 is 10.6 Å². The number of likely N-dealkylation sites (tertiary alicyclic amines) is 1. The van der Waals surface area contributed by atoms with E-state index in [1.165, 1.54) is 4.90 Å². The van der Waals surface area contributed by atoms with Crippen molar-refractivity contribution in [3.05, 3.63) is 18.5 Å². The SMILES string of the molecule is CC(C)(C)OC(=O)N1C[C@@H](N)C[C@H]1C(=O)N1CCN(c2ncccn2)CC1. The van der Waals surface area contributed by atoms with Gasteiger partial charge in [-0.1, -0.05) is 0 Å². The largest absolute Gasteiger partial charge is 0.444 e. The first-order valence-corrected chi connectivity index (χ1v) is 9.30. The molecule has 0 radical (unpaired) electrons. The number of ether oxygens (including phenoxy) is 1. The number of amides is 2. The van der Waals surface area contributed by atoms with E-state index >= 15 is 0 Å². The average molecular weight is 376 g/mol. The van der Waals surface area contributed by atoms with Crippen LogP contribution in [-0.2, 0) is 9.53 Å². The van der Waals surface area contributed by atoms with E-state index in [9.17, 15) is 9.59 Å². The highest BCUT2D eigenvalue weighted by molar-refractivity contribution is 5.86. The van der Waals surface area contributed by atoms with E-state index in [0.29, 0.717) is 45.1 Å². The summed E-state index contributed by atoms with van der Waals surface area (Å²) in [6.45, 7) is 8.19. The van der Waals surface area contributed by atoms with Gasteiger partial charge in [0.05, 0.1) is 0 Å². The lowest BCUT2D eigenvalue weighted by Crippen LogP contribution is -2.55. The Bertz CT molecular complexity index is 669. The molecular formula is C18H28N6O3. The van der Waals surface area contributed by atoms with Crippen molar-refractivity contribution in [3.8, 4) is 0 Å². The van der Waals surface area contributed by atoms with Gasteiger partial charge < -0.3 is 20.3 Å². The highest BCUT2D eigenvalue weighted by Crippen LogP contribution is 2.23. The van der Waals surface area contributed by atoms with Crippen LogP contribution in [0.5, 0.6) is 0 Å². The maximum absolute atomic E-state index is 13.0. The van der Waals surface area contributed by atoms with Crippen molar-refractivity contribution in [2.75, 3.05) is 37.6 Å². The molecule has 0 bridgehead atoms. The molecule has 1 aromatic rings. The molecule has 148 valence electrons. The molecule has 0 spiro atoms. The van der Waals surface area contributed by atoms with E-state index in [0.717, 1.165) is 0 Å². The molecule has 2 aliphatic heterocycles. The van der Waals surface area contributed by atoms with Crippen LogP contribution in [0.3, 0.4) is 0 Å². The lowest BCUT2D eigenvalue weighted by atomic mass is 10.1. The molecule has 2 aliphatic rings. The number of hydrogen-bond acceptors (Lipinski definition) is 7. The topological polar surface area (TPSA) is 105 Å². The summed E-state index contributed by atoms with van der Waals surface area (Å²) in [5.41, 5.74) is 5.43. The van der Waals surface area contributed by atoms with Crippen LogP contribution in [0, 0.1) is 0 Å². The maximum Gasteiger partial charge on any atom is 0.411 e. The summed E-state index contributed by atoms with van der Waals surface area (Å²) in [4.78, 5) is 39.4. The summed E-state index contributed by atoms with van der Waals surface area (Å²) in [6, 6.07) is 0.998. The number of carbonyl (C=O) groups is 2. The van der Waals surface area contributed by atoms with Crippen molar-refractivity contribution in [2.45, 2.75) is 44.9 Å². The lowest BCUT2D eigenvalue weighted by Gasteiger charge is -2.37. The fourth-order valence-electron chi connectivity index (χ4n) is 3.42. The van der Waals surface area contributed by atoms with Crippen LogP contribution in [-0.4, -0.2) is 82.2 Å². The zero-order chi connectivity index (χ0) is 19.6. The predicted octanol–water partition coefficient (Wildman–Crippen LogP) is 0.462. The van der Waals surface area contributed by atoms with Crippen LogP contribution in [0.1, 0.15) is 27.2 Å². The Hall–Kier alpha value is -2.42. The molecule has 3 rings (SSSR count). The van der Waals surface area contributed by atoms with Crippen LogP contribution >= 0.6 is 0 Å². The zero-order valence-corrected chi connectivity index (χ0v) is 16.2. The average Bonchev–Trinajstić information content (AvgIpc) is 3.03. The van der Waals surface area contributed by atoms with Crippen LogP contribution in [0.4, 0.5) is 10.7 Å². The Morgan fingerprint density at radius 3 is 2.37 bits per heavy atom. The number of rotatable bonds is 2. The number of nitrogens with zero attached hydrogens (tertiary/aromatic N) is 5. The molecule has 0 aliphatic carbocycles. The second-order valence-corrected chi connectivity index (χ2v) is 8.01. The predicted molar refractivity (Wildman–Crippen MR) is 100 cm³/mol. The van der Waals surface area contributed by atoms with Crippen LogP contribution in [0.15, 0.2) is 18.5 Å². The van der Waals surface area contributed by atoms with Gasteiger partial charge in [0.2, 0.25) is 11.9 Å². The fourth-order valence-corrected chi connectivity index (χ4v) is 3.42. The monoisotopic (exact) mass is 376 g/mol. The molecule has 9 heteroatoms. The zero-order valence-electron chi connectivity index (χ0n) is 16.2. The van der Waals surface area contributed by atoms with Crippen LogP contribution in [0.2, 0.25) is 0 Å². The molecule has 1 aromatic heterocycles. The van der Waals surface area contributed by atoms with Gasteiger partial charge in [-0.3, -0.25) is 9.69 Å². The van der Waals surface area contributed by atoms with Gasteiger partial charge in [0.25, 0.3) is 0 Å². The van der Waals surface area contributed by atoms with Gasteiger partial charge in [-0.15, -0.1) is 0 Å². The molecule has 2 atom stereocenters. The van der Waals surface area contributed by atoms with E-state index in [1.54, 1.807) is 23.4 Å². The number of piperazine rings is 1. The van der Waals surface area contributed by atoms with E-state index < -0.39 is 17.7 Å². The van der Waals surface area contributed by atoms with Gasteiger partial charge in [0, 0.05) is 51.2 Å². The van der Waals surface area contributed by atoms with Crippen molar-refractivity contribution in [1.29, 1.82) is 0 Å². The minimum absolute atomic E-state index is 0.0672. The molecular weight excluding hydrogens is 348 g/mol. The molecule has 2 N–H and O–H groups in total. The first-order valence-electron chi connectivity index (χ1n) is 9.30. The number of anilines is 1. The molecule has 3 heterocycles. The first-order chi connectivity index (χ1) is 12.7. The van der Waals surface area contributed by atoms with Crippen molar-refractivity contribution in [3.63, 3.8) is 0 Å². The summed E-state index contributed by atoms with van der Waals surface area (Å²) in [7, 11) is 0. The maximum atomic E-state index is 13.0. The van der Waals surface area contributed by atoms with Crippen molar-refractivity contribution in [2.24, 2.45) is 5.73 Å². The molecule has 2 amide bonds. The normalized spacial score (nSPS) is 23.5. The smallest absolute Gasteiger partial charge is 0.411 e. The van der Waals surface area contributed by atoms with Crippen LogP contribution in [0.25, 0.3) is 0 Å². The van der Waals surface area contributed by atoms with Gasteiger partial charge in [-0.05, 0) is 33.3 Å². The Balaban J connectivity index is 1.62. The number of carbonyl (C=O) groups excluding carboxylic acids is 2. The van der Waals surface area contributed by atoms with Crippen molar-refractivity contribution < 1.29 is 14.3 Å². The Kier molecular flexibility index (Phi) is 5.50. The molecule has 9 nitrogen and oxygen atoms in total. The first kappa shape index (κ1) is 19.3. The van der Waals surface area contributed by atoms with Gasteiger partial charge >= 0.3 is 6.09 Å². The summed E-state index contributed by atoms with van der Waals surface area (Å²) >= 11 is 0. The molecule has 0 saturated carbocycles. The third kappa shape index (κ3) is 4.65. The van der Waals surface area contributed by atoms with Gasteiger partial charge in [-0.2, -0.15) is 0 Å². The van der Waals surface area contributed by atoms with Gasteiger partial charge in [0.15, 0.2) is 0 Å². The quantitative estimate of drug-likeness (QED) is 0.799. The summed E-state index contributed by atoms with van der Waals surface area (Å²) in [5, 5.41) is 0. The van der Waals surface area contributed by atoms with E-state index in [-0.39, 0.29) is 11.9 Å². The molecule has 0 aromatic carbocycles. The van der Waals surface area contributed by atoms with E-state index in [2.05, 4.69) is 14.9 Å². The van der Waals surface area contributed by atoms with Gasteiger partial charge in [0.1, 0.15) is 11.6 Å². The minimum atomic E-state index is -0.612. The van der Waals surface area contributed by atoms with Crippen molar-refractivity contribution >= 4 is 17.9 Å². The highest BCUT2D eigenvalue weighted by atomic mass is 16.6.